The van der Waals surface area contributed by atoms with Crippen LogP contribution >= 0.6 is 0 Å². The van der Waals surface area contributed by atoms with E-state index in [0.717, 1.165) is 19.5 Å². The summed E-state index contributed by atoms with van der Waals surface area (Å²) in [7, 11) is 0. The van der Waals surface area contributed by atoms with Gasteiger partial charge in [0.1, 0.15) is 0 Å². The van der Waals surface area contributed by atoms with E-state index in [9.17, 15) is 4.79 Å². The monoisotopic (exact) mass is 139 g/mol. The minimum atomic E-state index is 0.246. The molecular formula is C8H13NO. The van der Waals surface area contributed by atoms with Crippen LogP contribution in [0.2, 0.25) is 0 Å². The maximum atomic E-state index is 11.1. The minimum absolute atomic E-state index is 0.246. The second kappa shape index (κ2) is 3.52. The molecule has 0 aliphatic carbocycles. The van der Waals surface area contributed by atoms with Gasteiger partial charge in [0.15, 0.2) is 5.78 Å². The highest BCUT2D eigenvalue weighted by molar-refractivity contribution is 5.91. The molecule has 0 radical (unpaired) electrons. The summed E-state index contributed by atoms with van der Waals surface area (Å²) in [6.07, 6.45) is 4.47. The average molecular weight is 139 g/mol. The van der Waals surface area contributed by atoms with Crippen molar-refractivity contribution in [3.63, 3.8) is 0 Å². The van der Waals surface area contributed by atoms with Crippen LogP contribution in [0.3, 0.4) is 0 Å². The number of carbonyl (C=O) groups is 1. The number of carbonyl (C=O) groups excluding carboxylic acids is 1. The lowest BCUT2D eigenvalue weighted by Crippen LogP contribution is -2.15. The maximum Gasteiger partial charge on any atom is 0.159 e. The van der Waals surface area contributed by atoms with Crippen molar-refractivity contribution in [1.82, 2.24) is 5.32 Å². The topological polar surface area (TPSA) is 29.1 Å². The minimum Gasteiger partial charge on any atom is -0.316 e. The van der Waals surface area contributed by atoms with E-state index in [1.54, 1.807) is 12.2 Å². The van der Waals surface area contributed by atoms with Crippen LogP contribution in [0, 0.1) is 5.92 Å². The first-order valence-electron chi connectivity index (χ1n) is 3.72. The molecule has 2 nitrogen and oxygen atoms in total. The normalized spacial score (nSPS) is 25.9. The summed E-state index contributed by atoms with van der Waals surface area (Å²) in [5.41, 5.74) is 0. The molecule has 0 aromatic heterocycles. The standard InChI is InChI=1S/C8H13NO/c1-2-3-8(10)7-4-5-9-6-7/h2-3,7,9H,4-6H2,1H3/b3-2+/t7-/m1/s1. The molecule has 56 valence electrons. The second-order valence-electron chi connectivity index (χ2n) is 2.59. The van der Waals surface area contributed by atoms with Gasteiger partial charge in [-0.2, -0.15) is 0 Å². The fraction of sp³-hybridized carbons (Fsp3) is 0.625. The first-order chi connectivity index (χ1) is 4.84. The molecule has 0 amide bonds. The highest BCUT2D eigenvalue weighted by atomic mass is 16.1. The first-order valence-corrected chi connectivity index (χ1v) is 3.72. The van der Waals surface area contributed by atoms with E-state index in [-0.39, 0.29) is 11.7 Å². The summed E-state index contributed by atoms with van der Waals surface area (Å²) in [5.74, 6) is 0.517. The lowest BCUT2D eigenvalue weighted by atomic mass is 10.0. The average Bonchev–Trinajstić information content (AvgIpc) is 2.38. The predicted molar refractivity (Wildman–Crippen MR) is 40.8 cm³/mol. The van der Waals surface area contributed by atoms with Gasteiger partial charge in [-0.15, -0.1) is 0 Å². The summed E-state index contributed by atoms with van der Waals surface area (Å²) >= 11 is 0. The van der Waals surface area contributed by atoms with E-state index in [4.69, 9.17) is 0 Å². The van der Waals surface area contributed by atoms with Crippen LogP contribution in [-0.2, 0) is 4.79 Å². The van der Waals surface area contributed by atoms with Crippen LogP contribution < -0.4 is 5.32 Å². The van der Waals surface area contributed by atoms with Gasteiger partial charge < -0.3 is 5.32 Å². The van der Waals surface area contributed by atoms with Crippen LogP contribution in [0.25, 0.3) is 0 Å². The zero-order chi connectivity index (χ0) is 7.40. The molecule has 0 aromatic carbocycles. The first kappa shape index (κ1) is 7.48. The Balaban J connectivity index is 2.40. The van der Waals surface area contributed by atoms with Crippen molar-refractivity contribution in [1.29, 1.82) is 0 Å². The summed E-state index contributed by atoms with van der Waals surface area (Å²) < 4.78 is 0. The Kier molecular flexibility index (Phi) is 2.63. The number of ketones is 1. The van der Waals surface area contributed by atoms with Gasteiger partial charge >= 0.3 is 0 Å². The summed E-state index contributed by atoms with van der Waals surface area (Å²) in [6.45, 7) is 3.73. The SMILES string of the molecule is C/C=C/C(=O)[C@@H]1CCNC1. The molecule has 10 heavy (non-hydrogen) atoms. The summed E-state index contributed by atoms with van der Waals surface area (Å²) in [6, 6.07) is 0. The molecule has 1 atom stereocenters. The van der Waals surface area contributed by atoms with Crippen molar-refractivity contribution in [3.8, 4) is 0 Å². The molecule has 0 spiro atoms. The molecule has 0 bridgehead atoms. The molecule has 2 heteroatoms. The van der Waals surface area contributed by atoms with Crippen molar-refractivity contribution >= 4 is 5.78 Å². The van der Waals surface area contributed by atoms with Gasteiger partial charge in [-0.25, -0.2) is 0 Å². The molecule has 1 N–H and O–H groups in total. The van der Waals surface area contributed by atoms with Crippen molar-refractivity contribution in [2.75, 3.05) is 13.1 Å². The van der Waals surface area contributed by atoms with Crippen molar-refractivity contribution < 1.29 is 4.79 Å². The summed E-state index contributed by atoms with van der Waals surface area (Å²) in [5, 5.41) is 3.16. The lowest BCUT2D eigenvalue weighted by molar-refractivity contribution is -0.117. The van der Waals surface area contributed by atoms with Gasteiger partial charge in [0.25, 0.3) is 0 Å². The fourth-order valence-corrected chi connectivity index (χ4v) is 1.20. The van der Waals surface area contributed by atoms with Crippen molar-refractivity contribution in [2.24, 2.45) is 5.92 Å². The van der Waals surface area contributed by atoms with Crippen LogP contribution in [-0.4, -0.2) is 18.9 Å². The fourth-order valence-electron chi connectivity index (χ4n) is 1.20. The van der Waals surface area contributed by atoms with Gasteiger partial charge in [-0.05, 0) is 26.0 Å². The second-order valence-corrected chi connectivity index (χ2v) is 2.59. The smallest absolute Gasteiger partial charge is 0.159 e. The van der Waals surface area contributed by atoms with Crippen LogP contribution in [0.1, 0.15) is 13.3 Å². The predicted octanol–water partition coefficient (Wildman–Crippen LogP) is 0.741. The van der Waals surface area contributed by atoms with Crippen LogP contribution in [0.4, 0.5) is 0 Å². The molecule has 1 aliphatic heterocycles. The Morgan fingerprint density at radius 2 is 2.50 bits per heavy atom. The third-order valence-electron chi connectivity index (χ3n) is 1.79. The van der Waals surface area contributed by atoms with Gasteiger partial charge in [-0.1, -0.05) is 6.08 Å². The Morgan fingerprint density at radius 3 is 3.00 bits per heavy atom. The molecule has 1 aliphatic rings. The zero-order valence-corrected chi connectivity index (χ0v) is 6.26. The lowest BCUT2D eigenvalue weighted by Gasteiger charge is -2.00. The number of hydrogen-bond acceptors (Lipinski definition) is 2. The molecule has 1 saturated heterocycles. The van der Waals surface area contributed by atoms with E-state index < -0.39 is 0 Å². The summed E-state index contributed by atoms with van der Waals surface area (Å²) in [4.78, 5) is 11.1. The number of hydrogen-bond donors (Lipinski definition) is 1. The van der Waals surface area contributed by atoms with E-state index >= 15 is 0 Å². The molecule has 0 aromatic rings. The quantitative estimate of drug-likeness (QED) is 0.572. The Labute approximate surface area is 61.3 Å². The molecule has 1 fully saturated rings. The highest BCUT2D eigenvalue weighted by Gasteiger charge is 2.19. The van der Waals surface area contributed by atoms with E-state index in [2.05, 4.69) is 5.32 Å². The Hall–Kier alpha value is -0.630. The molecule has 1 heterocycles. The van der Waals surface area contributed by atoms with E-state index in [1.807, 2.05) is 6.92 Å². The molecule has 0 unspecified atom stereocenters. The third-order valence-corrected chi connectivity index (χ3v) is 1.79. The van der Waals surface area contributed by atoms with Crippen LogP contribution in [0.15, 0.2) is 12.2 Å². The number of nitrogens with one attached hydrogen (secondary N) is 1. The number of rotatable bonds is 2. The Bertz CT molecular complexity index is 145. The van der Waals surface area contributed by atoms with Crippen molar-refractivity contribution in [3.05, 3.63) is 12.2 Å². The largest absolute Gasteiger partial charge is 0.316 e. The maximum absolute atomic E-state index is 11.1. The molecule has 0 saturated carbocycles. The van der Waals surface area contributed by atoms with E-state index in [0.29, 0.717) is 0 Å². The highest BCUT2D eigenvalue weighted by Crippen LogP contribution is 2.08. The van der Waals surface area contributed by atoms with Gasteiger partial charge in [0.05, 0.1) is 0 Å². The Morgan fingerprint density at radius 1 is 1.70 bits per heavy atom. The molecular weight excluding hydrogens is 126 g/mol. The molecule has 1 rings (SSSR count). The van der Waals surface area contributed by atoms with Gasteiger partial charge in [0, 0.05) is 12.5 Å². The van der Waals surface area contributed by atoms with Gasteiger partial charge in [-0.3, -0.25) is 4.79 Å². The number of allylic oxidation sites excluding steroid dienone is 2. The van der Waals surface area contributed by atoms with Gasteiger partial charge in [0.2, 0.25) is 0 Å². The third kappa shape index (κ3) is 1.67. The zero-order valence-electron chi connectivity index (χ0n) is 6.26. The van der Waals surface area contributed by atoms with Crippen molar-refractivity contribution in [2.45, 2.75) is 13.3 Å². The van der Waals surface area contributed by atoms with E-state index in [1.165, 1.54) is 0 Å². The van der Waals surface area contributed by atoms with Crippen LogP contribution in [0.5, 0.6) is 0 Å².